The summed E-state index contributed by atoms with van der Waals surface area (Å²) in [4.78, 5) is 40.7. The molecule has 31 heavy (non-hydrogen) atoms. The Morgan fingerprint density at radius 2 is 1.58 bits per heavy atom. The lowest BCUT2D eigenvalue weighted by Crippen LogP contribution is -2.53. The summed E-state index contributed by atoms with van der Waals surface area (Å²) < 4.78 is 0. The molecule has 2 atom stereocenters. The van der Waals surface area contributed by atoms with Crippen molar-refractivity contribution in [3.63, 3.8) is 0 Å². The van der Waals surface area contributed by atoms with Gasteiger partial charge in [-0.1, -0.05) is 43.5 Å². The van der Waals surface area contributed by atoms with Gasteiger partial charge in [0.15, 0.2) is 0 Å². The number of para-hydroxylation sites is 1. The van der Waals surface area contributed by atoms with E-state index < -0.39 is 6.03 Å². The van der Waals surface area contributed by atoms with Crippen molar-refractivity contribution in [3.8, 4) is 0 Å². The van der Waals surface area contributed by atoms with Gasteiger partial charge in [-0.2, -0.15) is 0 Å². The van der Waals surface area contributed by atoms with E-state index in [1.165, 1.54) is 6.42 Å². The summed E-state index contributed by atoms with van der Waals surface area (Å²) in [5, 5.41) is 8.72. The molecule has 2 aliphatic rings. The molecular weight excluding hydrogens is 418 g/mol. The number of benzene rings is 1. The highest BCUT2D eigenvalue weighted by atomic mass is 35.5. The number of piperazine rings is 1. The van der Waals surface area contributed by atoms with Crippen LogP contribution in [0.15, 0.2) is 24.3 Å². The van der Waals surface area contributed by atoms with Crippen molar-refractivity contribution in [1.29, 1.82) is 0 Å². The summed E-state index contributed by atoms with van der Waals surface area (Å²) in [6, 6.07) is 6.87. The van der Waals surface area contributed by atoms with E-state index in [0.29, 0.717) is 42.8 Å². The molecule has 1 saturated carbocycles. The SMILES string of the molecule is C[C@H]1CCCC[C@H]1NC(=O)NC(=O)CN1CCN(CC(=O)Nc2ccccc2Cl)CC1. The number of anilines is 1. The number of carbonyl (C=O) groups is 3. The Morgan fingerprint density at radius 1 is 0.968 bits per heavy atom. The first-order valence-electron chi connectivity index (χ1n) is 11.0. The Labute approximate surface area is 188 Å². The van der Waals surface area contributed by atoms with Gasteiger partial charge < -0.3 is 10.6 Å². The van der Waals surface area contributed by atoms with Crippen molar-refractivity contribution >= 4 is 35.1 Å². The summed E-state index contributed by atoms with van der Waals surface area (Å²) >= 11 is 6.07. The fourth-order valence-corrected chi connectivity index (χ4v) is 4.35. The highest BCUT2D eigenvalue weighted by Gasteiger charge is 2.25. The Bertz CT molecular complexity index is 782. The van der Waals surface area contributed by atoms with Crippen molar-refractivity contribution in [3.05, 3.63) is 29.3 Å². The number of urea groups is 1. The van der Waals surface area contributed by atoms with Crippen molar-refractivity contribution in [2.24, 2.45) is 5.92 Å². The van der Waals surface area contributed by atoms with Gasteiger partial charge in [0.05, 0.1) is 23.8 Å². The molecule has 1 saturated heterocycles. The third-order valence-corrected chi connectivity index (χ3v) is 6.36. The summed E-state index contributed by atoms with van der Waals surface area (Å²) in [5.41, 5.74) is 0.602. The van der Waals surface area contributed by atoms with E-state index in [0.717, 1.165) is 19.3 Å². The number of carbonyl (C=O) groups excluding carboxylic acids is 3. The van der Waals surface area contributed by atoms with Gasteiger partial charge in [-0.3, -0.25) is 24.7 Å². The lowest BCUT2D eigenvalue weighted by atomic mass is 9.86. The van der Waals surface area contributed by atoms with Gasteiger partial charge in [0, 0.05) is 32.2 Å². The summed E-state index contributed by atoms with van der Waals surface area (Å²) in [7, 11) is 0. The number of halogens is 1. The minimum atomic E-state index is -0.404. The van der Waals surface area contributed by atoms with Gasteiger partial charge in [-0.15, -0.1) is 0 Å². The monoisotopic (exact) mass is 449 g/mol. The van der Waals surface area contributed by atoms with E-state index >= 15 is 0 Å². The molecule has 1 aliphatic carbocycles. The zero-order chi connectivity index (χ0) is 22.2. The maximum Gasteiger partial charge on any atom is 0.321 e. The van der Waals surface area contributed by atoms with Crippen LogP contribution in [0.25, 0.3) is 0 Å². The van der Waals surface area contributed by atoms with Crippen LogP contribution >= 0.6 is 11.6 Å². The maximum atomic E-state index is 12.3. The molecule has 9 heteroatoms. The quantitative estimate of drug-likeness (QED) is 0.619. The molecule has 2 fully saturated rings. The van der Waals surface area contributed by atoms with Crippen molar-refractivity contribution < 1.29 is 14.4 Å². The standard InChI is InChI=1S/C22H32ClN5O3/c1-16-6-2-4-8-18(16)25-22(31)26-21(30)15-28-12-10-27(11-13-28)14-20(29)24-19-9-5-3-7-17(19)23/h3,5,7,9,16,18H,2,4,6,8,10-15H2,1H3,(H,24,29)(H2,25,26,30,31)/t16-,18+/m0/s1. The molecule has 4 amide bonds. The number of hydrogen-bond acceptors (Lipinski definition) is 5. The van der Waals surface area contributed by atoms with E-state index in [9.17, 15) is 14.4 Å². The first-order valence-corrected chi connectivity index (χ1v) is 11.4. The van der Waals surface area contributed by atoms with E-state index in [1.54, 1.807) is 12.1 Å². The summed E-state index contributed by atoms with van der Waals surface area (Å²) in [6.45, 7) is 5.26. The van der Waals surface area contributed by atoms with Crippen molar-refractivity contribution in [2.75, 3.05) is 44.6 Å². The Morgan fingerprint density at radius 3 is 2.23 bits per heavy atom. The van der Waals surface area contributed by atoms with Crippen LogP contribution in [-0.2, 0) is 9.59 Å². The van der Waals surface area contributed by atoms with Crippen LogP contribution in [0.5, 0.6) is 0 Å². The van der Waals surface area contributed by atoms with Gasteiger partial charge in [-0.25, -0.2) is 4.79 Å². The van der Waals surface area contributed by atoms with Crippen LogP contribution in [-0.4, -0.2) is 73.0 Å². The van der Waals surface area contributed by atoms with E-state index in [2.05, 4.69) is 22.9 Å². The van der Waals surface area contributed by atoms with Crippen LogP contribution in [0, 0.1) is 5.92 Å². The van der Waals surface area contributed by atoms with Gasteiger partial charge in [-0.05, 0) is 30.9 Å². The zero-order valence-electron chi connectivity index (χ0n) is 18.0. The van der Waals surface area contributed by atoms with Crippen molar-refractivity contribution in [1.82, 2.24) is 20.4 Å². The minimum Gasteiger partial charge on any atom is -0.335 e. The molecule has 0 spiro atoms. The topological polar surface area (TPSA) is 93.8 Å². The first-order chi connectivity index (χ1) is 14.9. The smallest absolute Gasteiger partial charge is 0.321 e. The van der Waals surface area contributed by atoms with Crippen molar-refractivity contribution in [2.45, 2.75) is 38.6 Å². The second-order valence-electron chi connectivity index (χ2n) is 8.47. The third kappa shape index (κ3) is 7.48. The zero-order valence-corrected chi connectivity index (χ0v) is 18.8. The number of nitrogens with one attached hydrogen (secondary N) is 3. The molecule has 0 aromatic heterocycles. The van der Waals surface area contributed by atoms with Gasteiger partial charge in [0.25, 0.3) is 0 Å². The molecule has 8 nitrogen and oxygen atoms in total. The molecule has 3 rings (SSSR count). The predicted octanol–water partition coefficient (Wildman–Crippen LogP) is 2.30. The first kappa shape index (κ1) is 23.5. The fourth-order valence-electron chi connectivity index (χ4n) is 4.17. The molecule has 0 radical (unpaired) electrons. The Hall–Kier alpha value is -2.16. The molecule has 3 N–H and O–H groups in total. The van der Waals surface area contributed by atoms with E-state index in [4.69, 9.17) is 11.6 Å². The molecule has 0 bridgehead atoms. The lowest BCUT2D eigenvalue weighted by Gasteiger charge is -2.34. The molecule has 0 unspecified atom stereocenters. The second kappa shape index (κ2) is 11.5. The van der Waals surface area contributed by atoms with E-state index in [-0.39, 0.29) is 30.9 Å². The van der Waals surface area contributed by atoms with Gasteiger partial charge in [0.2, 0.25) is 11.8 Å². The average molecular weight is 450 g/mol. The molecule has 1 aromatic carbocycles. The summed E-state index contributed by atoms with van der Waals surface area (Å²) in [6.07, 6.45) is 4.39. The average Bonchev–Trinajstić information content (AvgIpc) is 2.73. The molecule has 1 aliphatic heterocycles. The largest absolute Gasteiger partial charge is 0.335 e. The van der Waals surface area contributed by atoms with Crippen LogP contribution in [0.1, 0.15) is 32.6 Å². The molecule has 170 valence electrons. The number of imide groups is 1. The number of rotatable bonds is 6. The van der Waals surface area contributed by atoms with Crippen LogP contribution in [0.2, 0.25) is 5.02 Å². The van der Waals surface area contributed by atoms with Crippen LogP contribution < -0.4 is 16.0 Å². The van der Waals surface area contributed by atoms with Crippen LogP contribution in [0.3, 0.4) is 0 Å². The molecular formula is C22H32ClN5O3. The molecule has 1 aromatic rings. The predicted molar refractivity (Wildman–Crippen MR) is 121 cm³/mol. The summed E-state index contributed by atoms with van der Waals surface area (Å²) in [5.74, 6) is 0.0246. The van der Waals surface area contributed by atoms with Gasteiger partial charge in [0.1, 0.15) is 0 Å². The Kier molecular flexibility index (Phi) is 8.69. The van der Waals surface area contributed by atoms with Gasteiger partial charge >= 0.3 is 6.03 Å². The molecule has 1 heterocycles. The number of nitrogens with zero attached hydrogens (tertiary/aromatic N) is 2. The minimum absolute atomic E-state index is 0.118. The van der Waals surface area contributed by atoms with E-state index in [1.807, 2.05) is 21.9 Å². The fraction of sp³-hybridized carbons (Fsp3) is 0.591. The Balaban J connectivity index is 1.34. The van der Waals surface area contributed by atoms with Crippen LogP contribution in [0.4, 0.5) is 10.5 Å². The number of amides is 4. The third-order valence-electron chi connectivity index (χ3n) is 6.03. The highest BCUT2D eigenvalue weighted by Crippen LogP contribution is 2.23. The number of hydrogen-bond donors (Lipinski definition) is 3. The lowest BCUT2D eigenvalue weighted by molar-refractivity contribution is -0.122. The second-order valence-corrected chi connectivity index (χ2v) is 8.88. The highest BCUT2D eigenvalue weighted by molar-refractivity contribution is 6.33. The normalized spacial score (nSPS) is 22.5. The maximum absolute atomic E-state index is 12.3.